The van der Waals surface area contributed by atoms with E-state index in [1.165, 1.54) is 26.3 Å². The fourth-order valence-electron chi connectivity index (χ4n) is 8.63. The van der Waals surface area contributed by atoms with E-state index >= 15 is 0 Å². The molecule has 0 bridgehead atoms. The van der Waals surface area contributed by atoms with Crippen molar-refractivity contribution in [1.29, 1.82) is 0 Å². The standard InChI is InChI=1S/C46H75N7O8/c1-13-31(6)53(51(9)45(57)40(29(2)3)49-44(56)41(30(4)5)50(8)28-34-21-17-22-35(47)25-34)39(59-10)27-38(54)52-24-18-23-37(52)42(60-11)32(7)43(55)48-36(46(58)61-12)26-33-19-15-14-16-20-33/h14-17,19-22,25,29-32,36-37,39-42,44,49,56H,13,18,23-24,26-28,47H2,1-12H3,(H,48,55)/t31-,32+,36-,37-,39+,40-,41?,42+,44?/m0/s1. The highest BCUT2D eigenvalue weighted by Gasteiger charge is 2.43. The Hall–Kier alpha value is -4.12. The summed E-state index contributed by atoms with van der Waals surface area (Å²) in [5.74, 6) is -2.30. The summed E-state index contributed by atoms with van der Waals surface area (Å²) in [5.41, 5.74) is 8.59. The zero-order valence-corrected chi connectivity index (χ0v) is 38.7. The number of esters is 1. The highest BCUT2D eigenvalue weighted by Crippen LogP contribution is 2.29. The molecule has 342 valence electrons. The molecule has 0 radical (unpaired) electrons. The van der Waals surface area contributed by atoms with Crippen molar-refractivity contribution < 1.29 is 38.5 Å². The predicted molar refractivity (Wildman–Crippen MR) is 237 cm³/mol. The number of benzene rings is 2. The quantitative estimate of drug-likeness (QED) is 0.0517. The fourth-order valence-corrected chi connectivity index (χ4v) is 8.63. The number of carbonyl (C=O) groups is 4. The van der Waals surface area contributed by atoms with E-state index in [0.717, 1.165) is 11.1 Å². The molecule has 0 saturated carbocycles. The number of amides is 3. The maximum absolute atomic E-state index is 14.5. The van der Waals surface area contributed by atoms with Crippen LogP contribution in [0.4, 0.5) is 5.69 Å². The van der Waals surface area contributed by atoms with Crippen molar-refractivity contribution in [2.75, 3.05) is 47.7 Å². The summed E-state index contributed by atoms with van der Waals surface area (Å²) in [6.45, 7) is 14.7. The van der Waals surface area contributed by atoms with Gasteiger partial charge in [-0.15, -0.1) is 0 Å². The largest absolute Gasteiger partial charge is 0.467 e. The molecule has 9 atom stereocenters. The Morgan fingerprint density at radius 1 is 0.918 bits per heavy atom. The molecule has 2 aromatic carbocycles. The van der Waals surface area contributed by atoms with Crippen LogP contribution in [0.3, 0.4) is 0 Å². The van der Waals surface area contributed by atoms with Crippen LogP contribution in [0.15, 0.2) is 54.6 Å². The van der Waals surface area contributed by atoms with E-state index in [9.17, 15) is 24.3 Å². The zero-order chi connectivity index (χ0) is 45.6. The average molecular weight is 854 g/mol. The molecule has 15 nitrogen and oxygen atoms in total. The summed E-state index contributed by atoms with van der Waals surface area (Å²) in [6.07, 6.45) is -0.356. The first kappa shape index (κ1) is 51.2. The zero-order valence-electron chi connectivity index (χ0n) is 38.7. The van der Waals surface area contributed by atoms with Crippen molar-refractivity contribution in [3.8, 4) is 0 Å². The number of hydrazine groups is 1. The molecule has 5 N–H and O–H groups in total. The lowest BCUT2D eigenvalue weighted by Gasteiger charge is -2.44. The normalized spacial score (nSPS) is 18.4. The van der Waals surface area contributed by atoms with Gasteiger partial charge in [0.25, 0.3) is 5.91 Å². The molecule has 0 aromatic heterocycles. The lowest BCUT2D eigenvalue weighted by atomic mass is 9.94. The number of nitrogens with zero attached hydrogens (tertiary/aromatic N) is 4. The van der Waals surface area contributed by atoms with Crippen LogP contribution in [0.1, 0.15) is 85.3 Å². The number of nitrogen functional groups attached to an aromatic ring is 1. The molecule has 2 unspecified atom stereocenters. The number of hydrogen-bond donors (Lipinski definition) is 4. The summed E-state index contributed by atoms with van der Waals surface area (Å²) in [5, 5.41) is 21.2. The number of rotatable bonds is 24. The van der Waals surface area contributed by atoms with E-state index < -0.39 is 48.6 Å². The highest BCUT2D eigenvalue weighted by atomic mass is 16.5. The van der Waals surface area contributed by atoms with Gasteiger partial charge in [-0.3, -0.25) is 29.6 Å². The number of anilines is 1. The van der Waals surface area contributed by atoms with Crippen molar-refractivity contribution in [3.05, 3.63) is 65.7 Å². The smallest absolute Gasteiger partial charge is 0.328 e. The summed E-state index contributed by atoms with van der Waals surface area (Å²) in [7, 11) is 7.97. The molecule has 0 aliphatic carbocycles. The van der Waals surface area contributed by atoms with E-state index in [-0.39, 0.29) is 54.5 Å². The molecule has 1 saturated heterocycles. The number of nitrogens with two attached hydrogens (primary N) is 1. The Morgan fingerprint density at radius 3 is 2.13 bits per heavy atom. The second kappa shape index (κ2) is 24.5. The average Bonchev–Trinajstić information content (AvgIpc) is 3.71. The van der Waals surface area contributed by atoms with Gasteiger partial charge in [-0.2, -0.15) is 5.01 Å². The Balaban J connectivity index is 1.79. The number of likely N-dealkylation sites (tertiary alicyclic amines) is 1. The van der Waals surface area contributed by atoms with Gasteiger partial charge in [0, 0.05) is 52.5 Å². The van der Waals surface area contributed by atoms with E-state index in [4.69, 9.17) is 19.9 Å². The van der Waals surface area contributed by atoms with Gasteiger partial charge in [0.15, 0.2) is 0 Å². The first-order valence-electron chi connectivity index (χ1n) is 21.7. The lowest BCUT2D eigenvalue weighted by molar-refractivity contribution is -0.191. The molecule has 61 heavy (non-hydrogen) atoms. The van der Waals surface area contributed by atoms with E-state index in [1.807, 2.05) is 108 Å². The molecule has 1 heterocycles. The van der Waals surface area contributed by atoms with E-state index in [1.54, 1.807) is 18.9 Å². The second-order valence-corrected chi connectivity index (χ2v) is 17.2. The van der Waals surface area contributed by atoms with Crippen molar-refractivity contribution in [2.45, 2.75) is 136 Å². The summed E-state index contributed by atoms with van der Waals surface area (Å²) in [4.78, 5) is 59.2. The molecular weight excluding hydrogens is 779 g/mol. The minimum absolute atomic E-state index is 0.0376. The summed E-state index contributed by atoms with van der Waals surface area (Å²) >= 11 is 0. The lowest BCUT2D eigenvalue weighted by Crippen LogP contribution is -2.63. The topological polar surface area (TPSA) is 179 Å². The minimum Gasteiger partial charge on any atom is -0.467 e. The summed E-state index contributed by atoms with van der Waals surface area (Å²) < 4.78 is 17.0. The molecule has 3 rings (SSSR count). The number of likely N-dealkylation sites (N-methyl/N-ethyl adjacent to an activating group) is 2. The van der Waals surface area contributed by atoms with Gasteiger partial charge in [0.05, 0.1) is 43.7 Å². The molecule has 15 heteroatoms. The van der Waals surface area contributed by atoms with Gasteiger partial charge in [-0.25, -0.2) is 4.79 Å². The number of ether oxygens (including phenoxy) is 3. The van der Waals surface area contributed by atoms with Crippen LogP contribution in [0, 0.1) is 17.8 Å². The first-order valence-corrected chi connectivity index (χ1v) is 21.7. The van der Waals surface area contributed by atoms with Crippen molar-refractivity contribution in [2.24, 2.45) is 17.8 Å². The van der Waals surface area contributed by atoms with Crippen LogP contribution in [-0.2, 0) is 46.4 Å². The van der Waals surface area contributed by atoms with Gasteiger partial charge < -0.3 is 35.3 Å². The van der Waals surface area contributed by atoms with Gasteiger partial charge in [-0.05, 0) is 68.3 Å². The van der Waals surface area contributed by atoms with Gasteiger partial charge in [0.2, 0.25) is 11.8 Å². The molecule has 2 aromatic rings. The third-order valence-electron chi connectivity index (χ3n) is 12.1. The van der Waals surface area contributed by atoms with Crippen LogP contribution in [0.2, 0.25) is 0 Å². The second-order valence-electron chi connectivity index (χ2n) is 17.2. The SMILES string of the molecule is CC[C@H](C)N([C@@H](CC(=O)N1CCC[C@H]1[C@H](OC)[C@@H](C)C(=O)N[C@@H](Cc1ccccc1)C(=O)OC)OC)N(C)C(=O)[C@@H](NC(O)C(C(C)C)N(C)Cc1cccc(N)c1)C(C)C. The van der Waals surface area contributed by atoms with Crippen LogP contribution in [0.25, 0.3) is 0 Å². The monoisotopic (exact) mass is 854 g/mol. The van der Waals surface area contributed by atoms with Crippen LogP contribution in [0.5, 0.6) is 0 Å². The third-order valence-corrected chi connectivity index (χ3v) is 12.1. The number of aliphatic hydroxyl groups is 1. The third kappa shape index (κ3) is 13.9. The molecule has 0 spiro atoms. The van der Waals surface area contributed by atoms with Crippen LogP contribution < -0.4 is 16.4 Å². The molecule has 1 aliphatic rings. The molecule has 3 amide bonds. The van der Waals surface area contributed by atoms with Gasteiger partial charge in [-0.1, -0.05) is 84.0 Å². The number of hydrogen-bond acceptors (Lipinski definition) is 12. The number of carbonyl (C=O) groups excluding carboxylic acids is 4. The predicted octanol–water partition coefficient (Wildman–Crippen LogP) is 4.04. The van der Waals surface area contributed by atoms with Crippen LogP contribution in [-0.4, -0.2) is 139 Å². The van der Waals surface area contributed by atoms with Crippen molar-refractivity contribution in [3.63, 3.8) is 0 Å². The fraction of sp³-hybridized carbons (Fsp3) is 0.652. The Kier molecular flexibility index (Phi) is 20.6. The number of aliphatic hydroxyl groups excluding tert-OH is 1. The van der Waals surface area contributed by atoms with Gasteiger partial charge >= 0.3 is 5.97 Å². The first-order chi connectivity index (χ1) is 28.9. The maximum Gasteiger partial charge on any atom is 0.328 e. The molecule has 1 aliphatic heterocycles. The van der Waals surface area contributed by atoms with E-state index in [0.29, 0.717) is 38.0 Å². The minimum atomic E-state index is -1.05. The molecular formula is C46H75N7O8. The number of nitrogens with one attached hydrogen (secondary N) is 2. The Labute approximate surface area is 364 Å². The molecule has 1 fully saturated rings. The van der Waals surface area contributed by atoms with Crippen LogP contribution >= 0.6 is 0 Å². The summed E-state index contributed by atoms with van der Waals surface area (Å²) in [6, 6.07) is 14.4. The van der Waals surface area contributed by atoms with Crippen molar-refractivity contribution in [1.82, 2.24) is 30.5 Å². The highest BCUT2D eigenvalue weighted by molar-refractivity contribution is 5.86. The van der Waals surface area contributed by atoms with Crippen molar-refractivity contribution >= 4 is 29.4 Å². The Morgan fingerprint density at radius 2 is 1.57 bits per heavy atom. The maximum atomic E-state index is 14.5. The van der Waals surface area contributed by atoms with Gasteiger partial charge in [0.1, 0.15) is 18.5 Å². The number of methoxy groups -OCH3 is 3. The Bertz CT molecular complexity index is 1680. The van der Waals surface area contributed by atoms with E-state index in [2.05, 4.69) is 15.5 Å².